The van der Waals surface area contributed by atoms with Crippen molar-refractivity contribution in [1.29, 1.82) is 0 Å². The number of carbonyl (C=O) groups excluding carboxylic acids is 2. The Morgan fingerprint density at radius 3 is 2.46 bits per heavy atom. The molecule has 0 unspecified atom stereocenters. The third-order valence-electron chi connectivity index (χ3n) is 5.99. The van der Waals surface area contributed by atoms with Crippen LogP contribution in [0.3, 0.4) is 0 Å². The predicted octanol–water partition coefficient (Wildman–Crippen LogP) is 6.34. The van der Waals surface area contributed by atoms with Crippen molar-refractivity contribution in [3.05, 3.63) is 71.0 Å². The molecule has 3 aromatic rings. The van der Waals surface area contributed by atoms with E-state index in [0.29, 0.717) is 40.3 Å². The number of amides is 3. The zero-order chi connectivity index (χ0) is 28.2. The number of ether oxygens (including phenoxy) is 2. The number of carbonyl (C=O) groups is 2. The molecule has 0 aliphatic heterocycles. The normalized spacial score (nSPS) is 10.7. The molecule has 0 aliphatic carbocycles. The van der Waals surface area contributed by atoms with Crippen LogP contribution in [0.5, 0.6) is 17.2 Å². The molecular weight excluding hydrogens is 518 g/mol. The van der Waals surface area contributed by atoms with Gasteiger partial charge in [0.1, 0.15) is 29.5 Å². The van der Waals surface area contributed by atoms with Gasteiger partial charge < -0.3 is 30.3 Å². The fourth-order valence-corrected chi connectivity index (χ4v) is 3.88. The Morgan fingerprint density at radius 2 is 1.77 bits per heavy atom. The Bertz CT molecular complexity index is 1250. The van der Waals surface area contributed by atoms with Crippen LogP contribution >= 0.6 is 11.6 Å². The van der Waals surface area contributed by atoms with Crippen molar-refractivity contribution in [2.45, 2.75) is 33.6 Å². The van der Waals surface area contributed by atoms with Crippen molar-refractivity contribution in [2.24, 2.45) is 0 Å². The number of anilines is 2. The van der Waals surface area contributed by atoms with E-state index in [0.717, 1.165) is 38.0 Å². The summed E-state index contributed by atoms with van der Waals surface area (Å²) >= 11 is 6.34. The van der Waals surface area contributed by atoms with Gasteiger partial charge in [0, 0.05) is 42.6 Å². The third kappa shape index (κ3) is 9.15. The number of urea groups is 1. The zero-order valence-electron chi connectivity index (χ0n) is 22.8. The SMILES string of the molecule is CCCCN(CC)CCOc1cc(Cl)c(C)cc1NC(=O)Nc1ccc(Oc2ccnc(C(=O)NC)c2)cc1. The van der Waals surface area contributed by atoms with Gasteiger partial charge in [0.2, 0.25) is 0 Å². The van der Waals surface area contributed by atoms with E-state index in [1.807, 2.05) is 6.92 Å². The number of benzene rings is 2. The van der Waals surface area contributed by atoms with E-state index < -0.39 is 6.03 Å². The Morgan fingerprint density at radius 1 is 1.00 bits per heavy atom. The molecule has 0 spiro atoms. The molecule has 1 aromatic heterocycles. The van der Waals surface area contributed by atoms with Gasteiger partial charge in [-0.05, 0) is 68.4 Å². The first-order valence-electron chi connectivity index (χ1n) is 13.0. The smallest absolute Gasteiger partial charge is 0.323 e. The topological polar surface area (TPSA) is 105 Å². The number of nitrogens with zero attached hydrogens (tertiary/aromatic N) is 2. The molecule has 10 heteroatoms. The van der Waals surface area contributed by atoms with Gasteiger partial charge in [-0.25, -0.2) is 4.79 Å². The lowest BCUT2D eigenvalue weighted by molar-refractivity contribution is 0.0957. The number of unbranched alkanes of at least 4 members (excludes halogenated alkanes) is 1. The van der Waals surface area contributed by atoms with E-state index in [2.05, 4.69) is 39.7 Å². The molecular formula is C29H36ClN5O4. The maximum atomic E-state index is 12.8. The van der Waals surface area contributed by atoms with Gasteiger partial charge >= 0.3 is 6.03 Å². The van der Waals surface area contributed by atoms with Gasteiger partial charge in [0.25, 0.3) is 5.91 Å². The molecule has 1 heterocycles. The Labute approximate surface area is 234 Å². The summed E-state index contributed by atoms with van der Waals surface area (Å²) in [4.78, 5) is 30.9. The Hall–Kier alpha value is -3.82. The molecule has 0 radical (unpaired) electrons. The summed E-state index contributed by atoms with van der Waals surface area (Å²) in [6.45, 7) is 9.44. The van der Waals surface area contributed by atoms with Gasteiger partial charge in [-0.1, -0.05) is 31.9 Å². The molecule has 9 nitrogen and oxygen atoms in total. The molecule has 0 bridgehead atoms. The summed E-state index contributed by atoms with van der Waals surface area (Å²) in [5, 5.41) is 8.78. The number of aryl methyl sites for hydroxylation is 1. The molecule has 3 rings (SSSR count). The van der Waals surface area contributed by atoms with Crippen LogP contribution in [0.2, 0.25) is 5.02 Å². The second kappa shape index (κ2) is 14.9. The van der Waals surface area contributed by atoms with Crippen LogP contribution in [0.25, 0.3) is 0 Å². The summed E-state index contributed by atoms with van der Waals surface area (Å²) in [6.07, 6.45) is 3.80. The van der Waals surface area contributed by atoms with Crippen LogP contribution in [0.15, 0.2) is 54.7 Å². The van der Waals surface area contributed by atoms with E-state index >= 15 is 0 Å². The average molecular weight is 554 g/mol. The molecule has 2 aromatic carbocycles. The summed E-state index contributed by atoms with van der Waals surface area (Å²) in [5.74, 6) is 1.23. The fraction of sp³-hybridized carbons (Fsp3) is 0.345. The van der Waals surface area contributed by atoms with Crippen LogP contribution in [-0.4, -0.2) is 55.1 Å². The van der Waals surface area contributed by atoms with Gasteiger partial charge in [-0.2, -0.15) is 0 Å². The van der Waals surface area contributed by atoms with E-state index in [4.69, 9.17) is 21.1 Å². The van der Waals surface area contributed by atoms with E-state index in [-0.39, 0.29) is 11.6 Å². The summed E-state index contributed by atoms with van der Waals surface area (Å²) in [7, 11) is 1.54. The summed E-state index contributed by atoms with van der Waals surface area (Å²) in [6, 6.07) is 13.2. The quantitative estimate of drug-likeness (QED) is 0.228. The van der Waals surface area contributed by atoms with Gasteiger partial charge in [0.15, 0.2) is 0 Å². The van der Waals surface area contributed by atoms with E-state index in [9.17, 15) is 9.59 Å². The number of pyridine rings is 1. The van der Waals surface area contributed by atoms with Gasteiger partial charge in [0.05, 0.1) is 5.69 Å². The van der Waals surface area contributed by atoms with Crippen LogP contribution in [0, 0.1) is 6.92 Å². The minimum atomic E-state index is -0.419. The fourth-order valence-electron chi connectivity index (χ4n) is 3.73. The molecule has 0 fully saturated rings. The highest BCUT2D eigenvalue weighted by atomic mass is 35.5. The molecule has 3 N–H and O–H groups in total. The van der Waals surface area contributed by atoms with Crippen LogP contribution in [0.4, 0.5) is 16.2 Å². The summed E-state index contributed by atoms with van der Waals surface area (Å²) in [5.41, 5.74) is 2.19. The number of rotatable bonds is 13. The number of aromatic nitrogens is 1. The predicted molar refractivity (Wildman–Crippen MR) is 155 cm³/mol. The molecule has 0 aliphatic rings. The van der Waals surface area contributed by atoms with Crippen LogP contribution in [-0.2, 0) is 0 Å². The number of nitrogens with one attached hydrogen (secondary N) is 3. The second-order valence-corrected chi connectivity index (χ2v) is 9.30. The zero-order valence-corrected chi connectivity index (χ0v) is 23.6. The molecule has 3 amide bonds. The van der Waals surface area contributed by atoms with E-state index in [1.165, 1.54) is 13.2 Å². The Balaban J connectivity index is 1.60. The first kappa shape index (κ1) is 29.7. The lowest BCUT2D eigenvalue weighted by atomic mass is 10.2. The van der Waals surface area contributed by atoms with Crippen molar-refractivity contribution in [3.8, 4) is 17.2 Å². The van der Waals surface area contributed by atoms with Crippen LogP contribution in [0.1, 0.15) is 42.7 Å². The number of hydrogen-bond donors (Lipinski definition) is 3. The van der Waals surface area contributed by atoms with Crippen molar-refractivity contribution >= 4 is 34.9 Å². The minimum Gasteiger partial charge on any atom is -0.490 e. The van der Waals surface area contributed by atoms with Crippen molar-refractivity contribution in [3.63, 3.8) is 0 Å². The maximum Gasteiger partial charge on any atom is 0.323 e. The number of halogens is 1. The molecule has 0 saturated carbocycles. The van der Waals surface area contributed by atoms with Crippen molar-refractivity contribution < 1.29 is 19.1 Å². The molecule has 39 heavy (non-hydrogen) atoms. The molecule has 208 valence electrons. The monoisotopic (exact) mass is 553 g/mol. The third-order valence-corrected chi connectivity index (χ3v) is 6.40. The highest BCUT2D eigenvalue weighted by molar-refractivity contribution is 6.31. The average Bonchev–Trinajstić information content (AvgIpc) is 2.93. The Kier molecular flexibility index (Phi) is 11.4. The molecule has 0 saturated heterocycles. The molecule has 0 atom stereocenters. The number of likely N-dealkylation sites (N-methyl/N-ethyl adjacent to an activating group) is 1. The lowest BCUT2D eigenvalue weighted by Crippen LogP contribution is -2.29. The van der Waals surface area contributed by atoms with Crippen molar-refractivity contribution in [2.75, 3.05) is 43.9 Å². The van der Waals surface area contributed by atoms with E-state index in [1.54, 1.807) is 48.5 Å². The van der Waals surface area contributed by atoms with Gasteiger partial charge in [-0.3, -0.25) is 9.78 Å². The number of hydrogen-bond acceptors (Lipinski definition) is 6. The maximum absolute atomic E-state index is 12.8. The van der Waals surface area contributed by atoms with Gasteiger partial charge in [-0.15, -0.1) is 0 Å². The first-order valence-corrected chi connectivity index (χ1v) is 13.4. The van der Waals surface area contributed by atoms with Crippen molar-refractivity contribution in [1.82, 2.24) is 15.2 Å². The minimum absolute atomic E-state index is 0.255. The highest BCUT2D eigenvalue weighted by Crippen LogP contribution is 2.31. The largest absolute Gasteiger partial charge is 0.490 e. The lowest BCUT2D eigenvalue weighted by Gasteiger charge is -2.21. The summed E-state index contributed by atoms with van der Waals surface area (Å²) < 4.78 is 11.8. The second-order valence-electron chi connectivity index (χ2n) is 8.90. The standard InChI is InChI=1S/C29H36ClN5O4/c1-5-7-14-35(6-2)15-16-38-27-19-24(30)20(3)17-25(27)34-29(37)33-21-8-10-22(11-9-21)39-23-12-13-32-26(18-23)28(36)31-4/h8-13,17-19H,5-7,14-16H2,1-4H3,(H,31,36)(H2,33,34,37). The first-order chi connectivity index (χ1) is 18.8. The van der Waals surface area contributed by atoms with Crippen LogP contribution < -0.4 is 25.4 Å². The highest BCUT2D eigenvalue weighted by Gasteiger charge is 2.13.